The third kappa shape index (κ3) is 2.53. The van der Waals surface area contributed by atoms with Gasteiger partial charge in [0.1, 0.15) is 6.61 Å². The Balaban J connectivity index is 1.26. The summed E-state index contributed by atoms with van der Waals surface area (Å²) in [7, 11) is 0. The molecule has 3 aliphatic rings. The molecule has 3 fully saturated rings. The molecule has 1 unspecified atom stereocenters. The first-order valence-electron chi connectivity index (χ1n) is 7.93. The predicted octanol–water partition coefficient (Wildman–Crippen LogP) is 3.07. The monoisotopic (exact) mass is 287 g/mol. The van der Waals surface area contributed by atoms with Crippen LogP contribution < -0.4 is 5.32 Å². The van der Waals surface area contributed by atoms with E-state index < -0.39 is 6.16 Å². The number of nitrogens with one attached hydrogen (secondary N) is 1. The van der Waals surface area contributed by atoms with Crippen LogP contribution in [-0.2, 0) is 16.1 Å². The number of hydrogen-bond acceptors (Lipinski definition) is 4. The molecule has 1 aromatic carbocycles. The predicted molar refractivity (Wildman–Crippen MR) is 77.4 cm³/mol. The molecule has 4 heteroatoms. The molecule has 2 aliphatic carbocycles. The van der Waals surface area contributed by atoms with Crippen LogP contribution in [0.2, 0.25) is 0 Å². The van der Waals surface area contributed by atoms with E-state index in [2.05, 4.69) is 5.32 Å². The first-order valence-corrected chi connectivity index (χ1v) is 7.93. The Morgan fingerprint density at radius 3 is 2.76 bits per heavy atom. The minimum Gasteiger partial charge on any atom is -0.429 e. The zero-order valence-corrected chi connectivity index (χ0v) is 12.0. The van der Waals surface area contributed by atoms with Crippen LogP contribution in [0.1, 0.15) is 31.2 Å². The molecule has 21 heavy (non-hydrogen) atoms. The van der Waals surface area contributed by atoms with Crippen molar-refractivity contribution in [3.63, 3.8) is 0 Å². The van der Waals surface area contributed by atoms with E-state index in [0.717, 1.165) is 23.8 Å². The Morgan fingerprint density at radius 1 is 1.14 bits per heavy atom. The van der Waals surface area contributed by atoms with Crippen LogP contribution in [0, 0.1) is 17.8 Å². The summed E-state index contributed by atoms with van der Waals surface area (Å²) in [5.74, 6) is 2.35. The minimum absolute atomic E-state index is 0.160. The molecule has 2 saturated carbocycles. The van der Waals surface area contributed by atoms with Gasteiger partial charge in [-0.05, 0) is 42.6 Å². The van der Waals surface area contributed by atoms with Crippen LogP contribution in [-0.4, -0.2) is 18.4 Å². The second kappa shape index (κ2) is 5.34. The maximum atomic E-state index is 11.8. The van der Waals surface area contributed by atoms with Crippen molar-refractivity contribution in [3.8, 4) is 0 Å². The summed E-state index contributed by atoms with van der Waals surface area (Å²) < 4.78 is 10.6. The number of hydrogen-bond donors (Lipinski definition) is 1. The van der Waals surface area contributed by atoms with Gasteiger partial charge in [0.05, 0.1) is 0 Å². The maximum Gasteiger partial charge on any atom is 0.510 e. The normalized spacial score (nSPS) is 36.5. The van der Waals surface area contributed by atoms with Crippen LogP contribution in [0.15, 0.2) is 30.3 Å². The van der Waals surface area contributed by atoms with Gasteiger partial charge >= 0.3 is 6.16 Å². The highest BCUT2D eigenvalue weighted by molar-refractivity contribution is 5.60. The van der Waals surface area contributed by atoms with Crippen LogP contribution in [0.4, 0.5) is 4.79 Å². The molecule has 1 heterocycles. The maximum absolute atomic E-state index is 11.8. The number of carbonyl (C=O) groups is 1. The van der Waals surface area contributed by atoms with Gasteiger partial charge in [0.25, 0.3) is 0 Å². The lowest BCUT2D eigenvalue weighted by molar-refractivity contribution is 0.0106. The van der Waals surface area contributed by atoms with Crippen molar-refractivity contribution in [2.24, 2.45) is 17.8 Å². The third-order valence-corrected chi connectivity index (χ3v) is 5.39. The standard InChI is InChI=1S/C17H21NO3/c19-17(20-10-11-4-2-1-3-5-11)21-15-9-14-12-6-7-13(8-12)16(14)18-15/h1-5,12-16,18H,6-10H2/t12-,13?,14-,15-,16+/m0/s1. The third-order valence-electron chi connectivity index (χ3n) is 5.39. The van der Waals surface area contributed by atoms with Crippen molar-refractivity contribution < 1.29 is 14.3 Å². The Bertz CT molecular complexity index is 500. The van der Waals surface area contributed by atoms with Gasteiger partial charge in [0.15, 0.2) is 6.23 Å². The second-order valence-electron chi connectivity index (χ2n) is 6.56. The average molecular weight is 287 g/mol. The van der Waals surface area contributed by atoms with Gasteiger partial charge in [-0.25, -0.2) is 4.79 Å². The van der Waals surface area contributed by atoms with E-state index in [1.807, 2.05) is 30.3 Å². The molecular weight excluding hydrogens is 266 g/mol. The Morgan fingerprint density at radius 2 is 1.95 bits per heavy atom. The van der Waals surface area contributed by atoms with Gasteiger partial charge in [-0.15, -0.1) is 0 Å². The van der Waals surface area contributed by atoms with Crippen LogP contribution in [0.25, 0.3) is 0 Å². The molecule has 0 amide bonds. The number of carbonyl (C=O) groups excluding carboxylic acids is 1. The SMILES string of the molecule is O=C(OCc1ccccc1)O[C@H]1C[C@H]2[C@H]3CCC(C3)[C@H]2N1. The molecule has 1 aromatic rings. The van der Waals surface area contributed by atoms with Crippen LogP contribution in [0.5, 0.6) is 0 Å². The summed E-state index contributed by atoms with van der Waals surface area (Å²) in [5.41, 5.74) is 0.976. The number of fused-ring (bicyclic) bond motifs is 5. The van der Waals surface area contributed by atoms with E-state index in [4.69, 9.17) is 9.47 Å². The topological polar surface area (TPSA) is 47.6 Å². The lowest BCUT2D eigenvalue weighted by atomic mass is 9.85. The van der Waals surface area contributed by atoms with Crippen molar-refractivity contribution in [2.45, 2.75) is 44.6 Å². The Hall–Kier alpha value is -1.55. The quantitative estimate of drug-likeness (QED) is 0.868. The molecule has 0 aromatic heterocycles. The molecule has 0 radical (unpaired) electrons. The number of benzene rings is 1. The van der Waals surface area contributed by atoms with Crippen molar-refractivity contribution in [1.29, 1.82) is 0 Å². The largest absolute Gasteiger partial charge is 0.510 e. The van der Waals surface area contributed by atoms with E-state index in [-0.39, 0.29) is 12.8 Å². The average Bonchev–Trinajstić information content (AvgIpc) is 3.18. The van der Waals surface area contributed by atoms with Gasteiger partial charge in [-0.2, -0.15) is 0 Å². The van der Waals surface area contributed by atoms with Gasteiger partial charge in [0.2, 0.25) is 0 Å². The fraction of sp³-hybridized carbons (Fsp3) is 0.588. The number of ether oxygens (including phenoxy) is 2. The van der Waals surface area contributed by atoms with E-state index in [1.165, 1.54) is 19.3 Å². The second-order valence-corrected chi connectivity index (χ2v) is 6.56. The first kappa shape index (κ1) is 13.1. The highest BCUT2D eigenvalue weighted by atomic mass is 16.7. The Kier molecular flexibility index (Phi) is 3.34. The summed E-state index contributed by atoms with van der Waals surface area (Å²) in [4.78, 5) is 11.8. The van der Waals surface area contributed by atoms with E-state index in [9.17, 15) is 4.79 Å². The molecule has 2 bridgehead atoms. The summed E-state index contributed by atoms with van der Waals surface area (Å²) in [6, 6.07) is 10.2. The zero-order chi connectivity index (χ0) is 14.2. The highest BCUT2D eigenvalue weighted by Crippen LogP contribution is 2.52. The fourth-order valence-corrected chi connectivity index (χ4v) is 4.49. The van der Waals surface area contributed by atoms with E-state index in [1.54, 1.807) is 0 Å². The highest BCUT2D eigenvalue weighted by Gasteiger charge is 2.52. The van der Waals surface area contributed by atoms with Crippen LogP contribution >= 0.6 is 0 Å². The molecule has 4 nitrogen and oxygen atoms in total. The minimum atomic E-state index is -0.566. The lowest BCUT2D eigenvalue weighted by Gasteiger charge is -2.23. The first-order chi connectivity index (χ1) is 10.3. The molecule has 4 rings (SSSR count). The van der Waals surface area contributed by atoms with Gasteiger partial charge in [0, 0.05) is 12.5 Å². The zero-order valence-electron chi connectivity index (χ0n) is 12.0. The number of rotatable bonds is 3. The molecular formula is C17H21NO3. The Labute approximate surface area is 124 Å². The van der Waals surface area contributed by atoms with E-state index in [0.29, 0.717) is 12.0 Å². The molecule has 1 aliphatic heterocycles. The smallest absolute Gasteiger partial charge is 0.429 e. The van der Waals surface area contributed by atoms with Crippen molar-refractivity contribution in [1.82, 2.24) is 5.32 Å². The van der Waals surface area contributed by atoms with Gasteiger partial charge < -0.3 is 9.47 Å². The van der Waals surface area contributed by atoms with Gasteiger partial charge in [-0.3, -0.25) is 5.32 Å². The summed E-state index contributed by atoms with van der Waals surface area (Å²) in [6.07, 6.45) is 4.29. The van der Waals surface area contributed by atoms with Crippen molar-refractivity contribution in [2.75, 3.05) is 0 Å². The summed E-state index contributed by atoms with van der Waals surface area (Å²) in [6.45, 7) is 0.268. The van der Waals surface area contributed by atoms with E-state index >= 15 is 0 Å². The molecule has 5 atom stereocenters. The lowest BCUT2D eigenvalue weighted by Crippen LogP contribution is -2.37. The molecule has 1 N–H and O–H groups in total. The van der Waals surface area contributed by atoms with Crippen LogP contribution in [0.3, 0.4) is 0 Å². The summed E-state index contributed by atoms with van der Waals surface area (Å²) >= 11 is 0. The van der Waals surface area contributed by atoms with Gasteiger partial charge in [-0.1, -0.05) is 30.3 Å². The molecule has 1 saturated heterocycles. The van der Waals surface area contributed by atoms with Crippen molar-refractivity contribution >= 4 is 6.16 Å². The summed E-state index contributed by atoms with van der Waals surface area (Å²) in [5, 5.41) is 3.49. The fourth-order valence-electron chi connectivity index (χ4n) is 4.49. The molecule has 0 spiro atoms. The molecule has 112 valence electrons. The van der Waals surface area contributed by atoms with Crippen molar-refractivity contribution in [3.05, 3.63) is 35.9 Å².